The largest absolute Gasteiger partial charge is 0.426 e. The molecule has 1 atom stereocenters. The second kappa shape index (κ2) is 4.61. The highest BCUT2D eigenvalue weighted by Gasteiger charge is 2.35. The molecule has 0 fully saturated rings. The van der Waals surface area contributed by atoms with Crippen LogP contribution in [0.3, 0.4) is 0 Å². The van der Waals surface area contributed by atoms with Gasteiger partial charge in [-0.15, -0.1) is 11.6 Å². The number of rotatable bonds is 2. The fraction of sp³-hybridized carbons (Fsp3) is 0.667. The fourth-order valence-corrected chi connectivity index (χ4v) is 1.05. The predicted molar refractivity (Wildman–Crippen MR) is 40.3 cm³/mol. The van der Waals surface area contributed by atoms with E-state index in [1.807, 2.05) is 0 Å². The Morgan fingerprint density at radius 1 is 1.14 bits per heavy atom. The normalized spacial score (nSPS) is 17.0. The standard InChI is InChI=1S/C6H4Cl2F6/c7-3(2-5(9,10)11)1-4(8)6(12,13)14/h1,3H,2H2/b4-1-/t3-/m0/s1. The van der Waals surface area contributed by atoms with E-state index in [1.165, 1.54) is 0 Å². The Labute approximate surface area is 85.5 Å². The molecule has 0 aliphatic heterocycles. The molecule has 0 nitrogen and oxygen atoms in total. The minimum absolute atomic E-state index is 0.122. The van der Waals surface area contributed by atoms with Gasteiger partial charge in [0.25, 0.3) is 0 Å². The molecule has 8 heteroatoms. The lowest BCUT2D eigenvalue weighted by molar-refractivity contribution is -0.133. The van der Waals surface area contributed by atoms with Gasteiger partial charge in [-0.1, -0.05) is 11.6 Å². The van der Waals surface area contributed by atoms with Gasteiger partial charge < -0.3 is 0 Å². The van der Waals surface area contributed by atoms with Crippen molar-refractivity contribution >= 4 is 23.2 Å². The molecule has 0 bridgehead atoms. The third-order valence-electron chi connectivity index (χ3n) is 1.02. The molecule has 0 aliphatic rings. The molecule has 0 saturated carbocycles. The number of allylic oxidation sites excluding steroid dienone is 2. The van der Waals surface area contributed by atoms with Crippen molar-refractivity contribution in [1.82, 2.24) is 0 Å². The third-order valence-corrected chi connectivity index (χ3v) is 1.65. The first-order valence-electron chi connectivity index (χ1n) is 3.17. The molecule has 0 N–H and O–H groups in total. The fourth-order valence-electron chi connectivity index (χ4n) is 0.533. The first-order chi connectivity index (χ1) is 6.02. The summed E-state index contributed by atoms with van der Waals surface area (Å²) in [5.41, 5.74) is 0. The monoisotopic (exact) mass is 260 g/mol. The third kappa shape index (κ3) is 6.37. The van der Waals surface area contributed by atoms with E-state index in [1.54, 1.807) is 0 Å². The zero-order valence-electron chi connectivity index (χ0n) is 6.39. The molecular formula is C6H4Cl2F6. The Hall–Kier alpha value is -0.100. The molecular weight excluding hydrogens is 257 g/mol. The van der Waals surface area contributed by atoms with Crippen molar-refractivity contribution in [3.05, 3.63) is 11.1 Å². The Balaban J connectivity index is 4.38. The highest BCUT2D eigenvalue weighted by Crippen LogP contribution is 2.32. The molecule has 0 aromatic carbocycles. The van der Waals surface area contributed by atoms with Gasteiger partial charge in [-0.05, 0) is 6.08 Å². The van der Waals surface area contributed by atoms with E-state index in [0.29, 0.717) is 0 Å². The van der Waals surface area contributed by atoms with Crippen molar-refractivity contribution in [2.24, 2.45) is 0 Å². The summed E-state index contributed by atoms with van der Waals surface area (Å²) in [7, 11) is 0. The molecule has 0 unspecified atom stereocenters. The van der Waals surface area contributed by atoms with E-state index in [-0.39, 0.29) is 6.08 Å². The Morgan fingerprint density at radius 3 is 1.86 bits per heavy atom. The van der Waals surface area contributed by atoms with Crippen LogP contribution in [0.2, 0.25) is 0 Å². The van der Waals surface area contributed by atoms with Gasteiger partial charge in [0.2, 0.25) is 0 Å². The van der Waals surface area contributed by atoms with Gasteiger partial charge in [0, 0.05) is 0 Å². The van der Waals surface area contributed by atoms with Crippen LogP contribution in [-0.2, 0) is 0 Å². The summed E-state index contributed by atoms with van der Waals surface area (Å²) in [6.07, 6.45) is -10.9. The minimum atomic E-state index is -4.86. The maximum atomic E-state index is 11.7. The van der Waals surface area contributed by atoms with Crippen molar-refractivity contribution in [1.29, 1.82) is 0 Å². The van der Waals surface area contributed by atoms with Crippen LogP contribution in [0.4, 0.5) is 26.3 Å². The van der Waals surface area contributed by atoms with Crippen molar-refractivity contribution in [2.45, 2.75) is 24.2 Å². The topological polar surface area (TPSA) is 0 Å². The van der Waals surface area contributed by atoms with E-state index in [0.717, 1.165) is 0 Å². The molecule has 0 heterocycles. The van der Waals surface area contributed by atoms with E-state index in [9.17, 15) is 26.3 Å². The molecule has 0 aliphatic carbocycles. The van der Waals surface area contributed by atoms with Crippen LogP contribution in [-0.4, -0.2) is 17.7 Å². The average Bonchev–Trinajstić information content (AvgIpc) is 1.79. The van der Waals surface area contributed by atoms with Crippen LogP contribution in [0.15, 0.2) is 11.1 Å². The quantitative estimate of drug-likeness (QED) is 0.515. The van der Waals surface area contributed by atoms with E-state index >= 15 is 0 Å². The first-order valence-corrected chi connectivity index (χ1v) is 3.99. The highest BCUT2D eigenvalue weighted by atomic mass is 35.5. The SMILES string of the molecule is FC(F)(F)C[C@@H](Cl)/C=C(\Cl)C(F)(F)F. The second-order valence-electron chi connectivity index (χ2n) is 2.35. The van der Waals surface area contributed by atoms with Crippen LogP contribution in [0, 0.1) is 0 Å². The molecule has 14 heavy (non-hydrogen) atoms. The van der Waals surface area contributed by atoms with Gasteiger partial charge in [-0.2, -0.15) is 26.3 Å². The average molecular weight is 261 g/mol. The summed E-state index contributed by atoms with van der Waals surface area (Å²) in [5, 5.41) is -3.47. The van der Waals surface area contributed by atoms with Crippen LogP contribution in [0.1, 0.15) is 6.42 Å². The smallest absolute Gasteiger partial charge is 0.171 e. The van der Waals surface area contributed by atoms with Gasteiger partial charge in [0.05, 0.1) is 11.8 Å². The van der Waals surface area contributed by atoms with E-state index in [4.69, 9.17) is 11.6 Å². The van der Waals surface area contributed by atoms with Crippen LogP contribution >= 0.6 is 23.2 Å². The van der Waals surface area contributed by atoms with Crippen molar-refractivity contribution < 1.29 is 26.3 Å². The molecule has 0 amide bonds. The van der Waals surface area contributed by atoms with Crippen molar-refractivity contribution in [3.8, 4) is 0 Å². The van der Waals surface area contributed by atoms with Gasteiger partial charge in [0.15, 0.2) is 0 Å². The molecule has 0 saturated heterocycles. The molecule has 84 valence electrons. The summed E-state index contributed by atoms with van der Waals surface area (Å²) < 4.78 is 70.0. The lowest BCUT2D eigenvalue weighted by Crippen LogP contribution is -2.16. The van der Waals surface area contributed by atoms with Crippen molar-refractivity contribution in [3.63, 3.8) is 0 Å². The first kappa shape index (κ1) is 13.9. The Kier molecular flexibility index (Phi) is 4.58. The molecule has 0 rings (SSSR count). The van der Waals surface area contributed by atoms with Gasteiger partial charge in [-0.3, -0.25) is 0 Å². The molecule has 0 aromatic rings. The van der Waals surface area contributed by atoms with Crippen LogP contribution in [0.5, 0.6) is 0 Å². The number of hydrogen-bond acceptors (Lipinski definition) is 0. The summed E-state index contributed by atoms with van der Waals surface area (Å²) >= 11 is 9.65. The Bertz CT molecular complexity index is 215. The molecule has 0 aromatic heterocycles. The number of hydrogen-bond donors (Lipinski definition) is 0. The number of halogens is 8. The Morgan fingerprint density at radius 2 is 1.57 bits per heavy atom. The van der Waals surface area contributed by atoms with Crippen LogP contribution in [0.25, 0.3) is 0 Å². The summed E-state index contributed by atoms with van der Waals surface area (Å²) in [6, 6.07) is 0. The lowest BCUT2D eigenvalue weighted by Gasteiger charge is -2.10. The minimum Gasteiger partial charge on any atom is -0.171 e. The summed E-state index contributed by atoms with van der Waals surface area (Å²) in [4.78, 5) is 0. The van der Waals surface area contributed by atoms with Crippen molar-refractivity contribution in [2.75, 3.05) is 0 Å². The van der Waals surface area contributed by atoms with Gasteiger partial charge >= 0.3 is 12.4 Å². The summed E-state index contributed by atoms with van der Waals surface area (Å²) in [5.74, 6) is 0. The highest BCUT2D eigenvalue weighted by molar-refractivity contribution is 6.31. The van der Waals surface area contributed by atoms with Gasteiger partial charge in [0.1, 0.15) is 5.03 Å². The maximum absolute atomic E-state index is 11.7. The zero-order valence-corrected chi connectivity index (χ0v) is 7.90. The van der Waals surface area contributed by atoms with E-state index < -0.39 is 29.2 Å². The second-order valence-corrected chi connectivity index (χ2v) is 3.32. The summed E-state index contributed by atoms with van der Waals surface area (Å²) in [6.45, 7) is 0. The molecule has 0 spiro atoms. The van der Waals surface area contributed by atoms with Gasteiger partial charge in [-0.25, -0.2) is 0 Å². The predicted octanol–water partition coefficient (Wildman–Crippen LogP) is 4.23. The number of alkyl halides is 7. The van der Waals surface area contributed by atoms with Crippen LogP contribution < -0.4 is 0 Å². The lowest BCUT2D eigenvalue weighted by atomic mass is 10.2. The zero-order chi connectivity index (χ0) is 11.6. The molecule has 0 radical (unpaired) electrons. The van der Waals surface area contributed by atoms with E-state index in [2.05, 4.69) is 11.6 Å². The maximum Gasteiger partial charge on any atom is 0.426 e.